The number of aliphatic imine (C=N–C) groups is 1. The number of aliphatic hydroxyl groups is 1. The zero-order chi connectivity index (χ0) is 19.3. The first-order chi connectivity index (χ1) is 12.3. The molecule has 0 heterocycles. The monoisotopic (exact) mass is 382 g/mol. The smallest absolute Gasteiger partial charge is 0.254 e. The fraction of sp³-hybridized carbons (Fsp3) is 0.684. The maximum Gasteiger partial charge on any atom is 0.254 e. The Labute approximate surface area is 161 Å². The zero-order valence-electron chi connectivity index (χ0n) is 15.9. The summed E-state index contributed by atoms with van der Waals surface area (Å²) in [7, 11) is 1.70. The van der Waals surface area contributed by atoms with Crippen LogP contribution in [0.5, 0.6) is 0 Å². The van der Waals surface area contributed by atoms with Gasteiger partial charge in [-0.05, 0) is 50.9 Å². The highest BCUT2D eigenvalue weighted by Gasteiger charge is 2.31. The van der Waals surface area contributed by atoms with Crippen molar-refractivity contribution in [2.75, 3.05) is 13.6 Å². The highest BCUT2D eigenvalue weighted by Crippen LogP contribution is 2.29. The van der Waals surface area contributed by atoms with E-state index < -0.39 is 0 Å². The summed E-state index contributed by atoms with van der Waals surface area (Å²) in [6.07, 6.45) is 5.51. The summed E-state index contributed by atoms with van der Waals surface area (Å²) < 4.78 is 1.38. The maximum absolute atomic E-state index is 12.9. The van der Waals surface area contributed by atoms with Crippen LogP contribution in [0, 0.1) is 5.92 Å². The number of carbonyl (C=O) groups excluding carboxylic acids is 1. The molecular weight excluding hydrogens is 352 g/mol. The minimum Gasteiger partial charge on any atom is -0.393 e. The first-order valence-electron chi connectivity index (χ1n) is 9.43. The van der Waals surface area contributed by atoms with Crippen LogP contribution in [-0.4, -0.2) is 52.0 Å². The van der Waals surface area contributed by atoms with E-state index in [1.807, 2.05) is 6.92 Å². The molecule has 0 unspecified atom stereocenters. The summed E-state index contributed by atoms with van der Waals surface area (Å²) in [4.78, 5) is 19.0. The maximum atomic E-state index is 12.9. The van der Waals surface area contributed by atoms with Crippen LogP contribution in [0.2, 0.25) is 0 Å². The molecule has 2 saturated carbocycles. The summed E-state index contributed by atoms with van der Waals surface area (Å²) >= 11 is 6.12. The Morgan fingerprint density at radius 1 is 1.23 bits per heavy atom. The number of amides is 1. The molecular formula is C19H31ClN4O2. The van der Waals surface area contributed by atoms with Crippen molar-refractivity contribution in [1.82, 2.24) is 14.6 Å². The quantitative estimate of drug-likeness (QED) is 0.307. The molecule has 2 fully saturated rings. The number of nitrogens with zero attached hydrogens (tertiary/aromatic N) is 3. The molecule has 0 saturated heterocycles. The van der Waals surface area contributed by atoms with E-state index in [1.165, 1.54) is 17.3 Å². The SMILES string of the molecule is C=C(CC)C(=O)N(C(=C)/N=C(/NCC1CC1)N(C)Cl)C1CCC(O)CC1. The molecule has 0 aromatic heterocycles. The minimum atomic E-state index is -0.293. The molecule has 0 atom stereocenters. The average Bonchev–Trinajstić information content (AvgIpc) is 3.43. The molecule has 1 amide bonds. The largest absolute Gasteiger partial charge is 0.393 e. The van der Waals surface area contributed by atoms with Crippen LogP contribution in [0.1, 0.15) is 51.9 Å². The van der Waals surface area contributed by atoms with Crippen molar-refractivity contribution in [3.05, 3.63) is 24.6 Å². The third-order valence-electron chi connectivity index (χ3n) is 5.03. The number of hydrogen-bond donors (Lipinski definition) is 2. The third-order valence-corrected chi connectivity index (χ3v) is 5.19. The molecule has 6 nitrogen and oxygen atoms in total. The highest BCUT2D eigenvalue weighted by molar-refractivity contribution is 6.21. The van der Waals surface area contributed by atoms with Crippen molar-refractivity contribution in [2.24, 2.45) is 10.9 Å². The van der Waals surface area contributed by atoms with Gasteiger partial charge in [0.15, 0.2) is 0 Å². The number of halogens is 1. The molecule has 2 aliphatic carbocycles. The lowest BCUT2D eigenvalue weighted by Gasteiger charge is -2.36. The Bertz CT molecular complexity index is 564. The van der Waals surface area contributed by atoms with Crippen molar-refractivity contribution >= 4 is 23.6 Å². The van der Waals surface area contributed by atoms with Gasteiger partial charge in [0, 0.05) is 37.0 Å². The Kier molecular flexibility index (Phi) is 7.53. The highest BCUT2D eigenvalue weighted by atomic mass is 35.5. The normalized spacial score (nSPS) is 23.3. The first kappa shape index (κ1) is 20.8. The van der Waals surface area contributed by atoms with Crippen LogP contribution < -0.4 is 5.32 Å². The number of rotatable bonds is 7. The van der Waals surface area contributed by atoms with E-state index >= 15 is 0 Å². The van der Waals surface area contributed by atoms with Gasteiger partial charge in [-0.25, -0.2) is 0 Å². The van der Waals surface area contributed by atoms with Crippen LogP contribution in [0.25, 0.3) is 0 Å². The van der Waals surface area contributed by atoms with Gasteiger partial charge in [-0.15, -0.1) is 0 Å². The van der Waals surface area contributed by atoms with Gasteiger partial charge in [0.1, 0.15) is 5.82 Å². The third kappa shape index (κ3) is 5.74. The van der Waals surface area contributed by atoms with Gasteiger partial charge in [0.05, 0.1) is 6.10 Å². The molecule has 0 aromatic rings. The number of nitrogens with one attached hydrogen (secondary N) is 1. The number of carbonyl (C=O) groups is 1. The van der Waals surface area contributed by atoms with Crippen molar-refractivity contribution < 1.29 is 9.90 Å². The summed E-state index contributed by atoms with van der Waals surface area (Å²) in [5.41, 5.74) is 0.527. The van der Waals surface area contributed by atoms with Gasteiger partial charge in [-0.2, -0.15) is 4.99 Å². The van der Waals surface area contributed by atoms with Gasteiger partial charge in [0.25, 0.3) is 5.91 Å². The second-order valence-corrected chi connectivity index (χ2v) is 7.75. The van der Waals surface area contributed by atoms with E-state index in [4.69, 9.17) is 11.8 Å². The van der Waals surface area contributed by atoms with Crippen molar-refractivity contribution in [3.8, 4) is 0 Å². The van der Waals surface area contributed by atoms with Gasteiger partial charge in [-0.3, -0.25) is 14.1 Å². The predicted octanol–water partition coefficient (Wildman–Crippen LogP) is 3.00. The number of hydrogen-bond acceptors (Lipinski definition) is 3. The van der Waals surface area contributed by atoms with Crippen molar-refractivity contribution in [3.63, 3.8) is 0 Å². The summed E-state index contributed by atoms with van der Waals surface area (Å²) in [5.74, 6) is 1.36. The standard InChI is InChI=1S/C19H31ClN4O2/c1-5-13(2)18(26)24(16-8-10-17(25)11-9-16)14(3)22-19(23(4)20)21-12-15-6-7-15/h15-17,25H,2-3,5-12H2,1,4H3,(H,21,22). The topological polar surface area (TPSA) is 68.2 Å². The Morgan fingerprint density at radius 3 is 2.35 bits per heavy atom. The van der Waals surface area contributed by atoms with Gasteiger partial charge in [0.2, 0.25) is 5.96 Å². The van der Waals surface area contributed by atoms with Crippen molar-refractivity contribution in [2.45, 2.75) is 64.0 Å². The zero-order valence-corrected chi connectivity index (χ0v) is 16.6. The van der Waals surface area contributed by atoms with E-state index in [0.717, 1.165) is 19.4 Å². The van der Waals surface area contributed by atoms with Crippen molar-refractivity contribution in [1.29, 1.82) is 0 Å². The fourth-order valence-corrected chi connectivity index (χ4v) is 3.18. The van der Waals surface area contributed by atoms with Gasteiger partial charge >= 0.3 is 0 Å². The van der Waals surface area contributed by atoms with E-state index in [9.17, 15) is 9.90 Å². The number of aliphatic hydroxyl groups excluding tert-OH is 1. The predicted molar refractivity (Wildman–Crippen MR) is 105 cm³/mol. The second-order valence-electron chi connectivity index (χ2n) is 7.25. The molecule has 146 valence electrons. The first-order valence-corrected chi connectivity index (χ1v) is 9.77. The fourth-order valence-electron chi connectivity index (χ4n) is 3.08. The molecule has 2 aliphatic rings. The molecule has 2 N–H and O–H groups in total. The molecule has 26 heavy (non-hydrogen) atoms. The Hall–Kier alpha value is -1.53. The summed E-state index contributed by atoms with van der Waals surface area (Å²) in [6, 6.07) is -0.0317. The molecule has 2 rings (SSSR count). The van der Waals surface area contributed by atoms with Crippen LogP contribution in [0.15, 0.2) is 29.5 Å². The van der Waals surface area contributed by atoms with Gasteiger partial charge in [-0.1, -0.05) is 20.1 Å². The number of guanidine groups is 1. The molecule has 7 heteroatoms. The van der Waals surface area contributed by atoms with E-state index in [1.54, 1.807) is 11.9 Å². The lowest BCUT2D eigenvalue weighted by atomic mass is 9.91. The minimum absolute atomic E-state index is 0.0317. The lowest BCUT2D eigenvalue weighted by molar-refractivity contribution is -0.128. The van der Waals surface area contributed by atoms with Crippen LogP contribution >= 0.6 is 11.8 Å². The van der Waals surface area contributed by atoms with E-state index in [-0.39, 0.29) is 18.1 Å². The molecule has 0 radical (unpaired) electrons. The molecule has 0 aliphatic heterocycles. The summed E-state index contributed by atoms with van der Waals surface area (Å²) in [5, 5.41) is 13.0. The second kappa shape index (κ2) is 9.42. The Morgan fingerprint density at radius 2 is 1.85 bits per heavy atom. The van der Waals surface area contributed by atoms with E-state index in [0.29, 0.717) is 42.5 Å². The van der Waals surface area contributed by atoms with E-state index in [2.05, 4.69) is 23.5 Å². The molecule has 0 aromatic carbocycles. The van der Waals surface area contributed by atoms with Gasteiger partial charge < -0.3 is 10.4 Å². The summed E-state index contributed by atoms with van der Waals surface area (Å²) in [6.45, 7) is 10.6. The average molecular weight is 383 g/mol. The molecule has 0 spiro atoms. The lowest BCUT2D eigenvalue weighted by Crippen LogP contribution is -2.43. The van der Waals surface area contributed by atoms with Crippen LogP contribution in [0.4, 0.5) is 0 Å². The Balaban J connectivity index is 2.17. The van der Waals surface area contributed by atoms with Crippen LogP contribution in [0.3, 0.4) is 0 Å². The molecule has 0 bridgehead atoms. The van der Waals surface area contributed by atoms with Crippen LogP contribution in [-0.2, 0) is 4.79 Å².